The Balaban J connectivity index is 2.55. The summed E-state index contributed by atoms with van der Waals surface area (Å²) in [5.74, 6) is 0.266. The maximum atomic E-state index is 11.2. The standard InChI is InChI=1S/C11H24N2O2S/c1-5-12-6-7-13(11(2,3)10-12)8-9-16(4,14)15/h5-10H2,1-4H3. The van der Waals surface area contributed by atoms with Gasteiger partial charge in [0, 0.05) is 38.0 Å². The SMILES string of the molecule is CCN1CCN(CCS(C)(=O)=O)C(C)(C)C1. The van der Waals surface area contributed by atoms with Crippen LogP contribution in [-0.2, 0) is 9.84 Å². The summed E-state index contributed by atoms with van der Waals surface area (Å²) >= 11 is 0. The molecule has 1 saturated heterocycles. The monoisotopic (exact) mass is 248 g/mol. The van der Waals surface area contributed by atoms with E-state index in [4.69, 9.17) is 0 Å². The van der Waals surface area contributed by atoms with Crippen LogP contribution in [0.25, 0.3) is 0 Å². The van der Waals surface area contributed by atoms with E-state index in [1.165, 1.54) is 6.26 Å². The molecule has 1 heterocycles. The van der Waals surface area contributed by atoms with E-state index < -0.39 is 9.84 Å². The van der Waals surface area contributed by atoms with Gasteiger partial charge in [-0.05, 0) is 20.4 Å². The van der Waals surface area contributed by atoms with Crippen molar-refractivity contribution in [2.24, 2.45) is 0 Å². The van der Waals surface area contributed by atoms with E-state index in [1.807, 2.05) is 0 Å². The summed E-state index contributed by atoms with van der Waals surface area (Å²) in [5.41, 5.74) is 0.0823. The van der Waals surface area contributed by atoms with E-state index in [1.54, 1.807) is 0 Å². The fourth-order valence-corrected chi connectivity index (χ4v) is 2.80. The molecule has 1 fully saturated rings. The predicted octanol–water partition coefficient (Wildman–Crippen LogP) is 0.447. The molecule has 0 aromatic carbocycles. The number of hydrogen-bond donors (Lipinski definition) is 0. The Kier molecular flexibility index (Phi) is 4.37. The Labute approximate surface area is 99.5 Å². The maximum absolute atomic E-state index is 11.2. The summed E-state index contributed by atoms with van der Waals surface area (Å²) in [6.07, 6.45) is 1.31. The zero-order valence-corrected chi connectivity index (χ0v) is 11.7. The smallest absolute Gasteiger partial charge is 0.148 e. The van der Waals surface area contributed by atoms with Crippen LogP contribution in [0.15, 0.2) is 0 Å². The molecule has 0 saturated carbocycles. The van der Waals surface area contributed by atoms with Crippen molar-refractivity contribution in [3.05, 3.63) is 0 Å². The Morgan fingerprint density at radius 3 is 2.31 bits per heavy atom. The molecule has 1 aliphatic rings. The van der Waals surface area contributed by atoms with Gasteiger partial charge in [-0.15, -0.1) is 0 Å². The van der Waals surface area contributed by atoms with Crippen LogP contribution in [-0.4, -0.2) is 68.5 Å². The second-order valence-electron chi connectivity index (χ2n) is 5.30. The first-order valence-corrected chi connectivity index (χ1v) is 7.96. The normalized spacial score (nSPS) is 23.5. The number of nitrogens with zero attached hydrogens (tertiary/aromatic N) is 2. The first kappa shape index (κ1) is 13.9. The minimum Gasteiger partial charge on any atom is -0.301 e. The number of sulfone groups is 1. The largest absolute Gasteiger partial charge is 0.301 e. The number of piperazine rings is 1. The van der Waals surface area contributed by atoms with Gasteiger partial charge in [0.05, 0.1) is 5.75 Å². The van der Waals surface area contributed by atoms with Crippen molar-refractivity contribution in [1.29, 1.82) is 0 Å². The third-order valence-electron chi connectivity index (χ3n) is 3.33. The van der Waals surface area contributed by atoms with Gasteiger partial charge >= 0.3 is 0 Å². The van der Waals surface area contributed by atoms with E-state index in [0.717, 1.165) is 26.2 Å². The quantitative estimate of drug-likeness (QED) is 0.724. The maximum Gasteiger partial charge on any atom is 0.148 e. The third kappa shape index (κ3) is 4.03. The zero-order chi connectivity index (χ0) is 12.4. The molecule has 0 spiro atoms. The molecule has 1 rings (SSSR count). The zero-order valence-electron chi connectivity index (χ0n) is 10.9. The lowest BCUT2D eigenvalue weighted by Crippen LogP contribution is -2.59. The molecule has 5 heteroatoms. The molecule has 1 aliphatic heterocycles. The highest BCUT2D eigenvalue weighted by atomic mass is 32.2. The van der Waals surface area contributed by atoms with Crippen molar-refractivity contribution in [1.82, 2.24) is 9.80 Å². The molecule has 0 aromatic rings. The highest BCUT2D eigenvalue weighted by molar-refractivity contribution is 7.90. The molecule has 96 valence electrons. The van der Waals surface area contributed by atoms with Crippen LogP contribution in [0.2, 0.25) is 0 Å². The molecule has 0 bridgehead atoms. The molecule has 0 atom stereocenters. The van der Waals surface area contributed by atoms with Crippen molar-refractivity contribution in [3.8, 4) is 0 Å². The van der Waals surface area contributed by atoms with E-state index in [0.29, 0.717) is 6.54 Å². The molecule has 0 radical (unpaired) electrons. The van der Waals surface area contributed by atoms with Crippen LogP contribution < -0.4 is 0 Å². The van der Waals surface area contributed by atoms with E-state index in [9.17, 15) is 8.42 Å². The number of rotatable bonds is 4. The lowest BCUT2D eigenvalue weighted by atomic mass is 9.99. The van der Waals surface area contributed by atoms with Gasteiger partial charge in [-0.3, -0.25) is 4.90 Å². The topological polar surface area (TPSA) is 40.6 Å². The molecule has 0 aromatic heterocycles. The van der Waals surface area contributed by atoms with Gasteiger partial charge in [0.1, 0.15) is 9.84 Å². The van der Waals surface area contributed by atoms with Crippen LogP contribution in [0, 0.1) is 0 Å². The van der Waals surface area contributed by atoms with Crippen molar-refractivity contribution in [2.75, 3.05) is 44.7 Å². The first-order chi connectivity index (χ1) is 7.24. The summed E-state index contributed by atoms with van der Waals surface area (Å²) in [5, 5.41) is 0. The molecule has 0 amide bonds. The third-order valence-corrected chi connectivity index (χ3v) is 4.26. The van der Waals surface area contributed by atoms with E-state index >= 15 is 0 Å². The fourth-order valence-electron chi connectivity index (χ4n) is 2.25. The van der Waals surface area contributed by atoms with Crippen LogP contribution in [0.3, 0.4) is 0 Å². The molecule has 4 nitrogen and oxygen atoms in total. The van der Waals surface area contributed by atoms with Gasteiger partial charge in [-0.25, -0.2) is 8.42 Å². The van der Waals surface area contributed by atoms with Crippen LogP contribution >= 0.6 is 0 Å². The van der Waals surface area contributed by atoms with Crippen molar-refractivity contribution < 1.29 is 8.42 Å². The molecular formula is C11H24N2O2S. The minimum atomic E-state index is -2.85. The lowest BCUT2D eigenvalue weighted by Gasteiger charge is -2.47. The second kappa shape index (κ2) is 5.02. The molecule has 0 unspecified atom stereocenters. The average molecular weight is 248 g/mol. The number of hydrogen-bond acceptors (Lipinski definition) is 4. The van der Waals surface area contributed by atoms with Crippen LogP contribution in [0.5, 0.6) is 0 Å². The highest BCUT2D eigenvalue weighted by Gasteiger charge is 2.32. The van der Waals surface area contributed by atoms with Crippen molar-refractivity contribution >= 4 is 9.84 Å². The molecular weight excluding hydrogens is 224 g/mol. The lowest BCUT2D eigenvalue weighted by molar-refractivity contribution is 0.0270. The Bertz CT molecular complexity index is 325. The van der Waals surface area contributed by atoms with E-state index in [2.05, 4.69) is 30.6 Å². The first-order valence-electron chi connectivity index (χ1n) is 5.90. The summed E-state index contributed by atoms with van der Waals surface area (Å²) in [4.78, 5) is 4.71. The predicted molar refractivity (Wildman–Crippen MR) is 67.5 cm³/mol. The number of likely N-dealkylation sites (N-methyl/N-ethyl adjacent to an activating group) is 1. The molecule has 0 N–H and O–H groups in total. The van der Waals surface area contributed by atoms with Gasteiger partial charge in [0.15, 0.2) is 0 Å². The van der Waals surface area contributed by atoms with Crippen molar-refractivity contribution in [2.45, 2.75) is 26.3 Å². The summed E-state index contributed by atoms with van der Waals surface area (Å²) in [7, 11) is -2.85. The van der Waals surface area contributed by atoms with Gasteiger partial charge in [-0.2, -0.15) is 0 Å². The van der Waals surface area contributed by atoms with Gasteiger partial charge in [0.2, 0.25) is 0 Å². The second-order valence-corrected chi connectivity index (χ2v) is 7.56. The Morgan fingerprint density at radius 1 is 1.25 bits per heavy atom. The Hall–Kier alpha value is -0.130. The minimum absolute atomic E-state index is 0.0823. The van der Waals surface area contributed by atoms with E-state index in [-0.39, 0.29) is 11.3 Å². The Morgan fingerprint density at radius 2 is 1.88 bits per heavy atom. The average Bonchev–Trinajstić information content (AvgIpc) is 2.13. The van der Waals surface area contributed by atoms with Crippen LogP contribution in [0.4, 0.5) is 0 Å². The summed E-state index contributed by atoms with van der Waals surface area (Å²) in [6, 6.07) is 0. The highest BCUT2D eigenvalue weighted by Crippen LogP contribution is 2.20. The summed E-state index contributed by atoms with van der Waals surface area (Å²) < 4.78 is 22.3. The summed E-state index contributed by atoms with van der Waals surface area (Å²) in [6.45, 7) is 11.3. The fraction of sp³-hybridized carbons (Fsp3) is 1.00. The van der Waals surface area contributed by atoms with Crippen LogP contribution in [0.1, 0.15) is 20.8 Å². The van der Waals surface area contributed by atoms with Gasteiger partial charge in [-0.1, -0.05) is 6.92 Å². The van der Waals surface area contributed by atoms with Crippen molar-refractivity contribution in [3.63, 3.8) is 0 Å². The van der Waals surface area contributed by atoms with Gasteiger partial charge < -0.3 is 4.90 Å². The van der Waals surface area contributed by atoms with Gasteiger partial charge in [0.25, 0.3) is 0 Å². The molecule has 16 heavy (non-hydrogen) atoms. The molecule has 0 aliphatic carbocycles.